The predicted molar refractivity (Wildman–Crippen MR) is 151 cm³/mol. The van der Waals surface area contributed by atoms with E-state index < -0.39 is 5.91 Å². The molecule has 0 unspecified atom stereocenters. The Balaban J connectivity index is 1.44. The van der Waals surface area contributed by atoms with Crippen LogP contribution in [0.1, 0.15) is 50.0 Å². The number of piperidine rings is 2. The molecular weight excluding hydrogens is 496 g/mol. The molecule has 11 nitrogen and oxygen atoms in total. The number of likely N-dealkylation sites (N-methyl/N-ethyl adjacent to an activating group) is 1. The lowest BCUT2D eigenvalue weighted by Crippen LogP contribution is -2.49. The van der Waals surface area contributed by atoms with Crippen LogP contribution in [0.25, 0.3) is 0 Å². The number of carbonyl (C=O) groups excluding carboxylic acids is 3. The van der Waals surface area contributed by atoms with Crippen molar-refractivity contribution in [3.8, 4) is 0 Å². The number of hydrogen-bond donors (Lipinski definition) is 2. The zero-order valence-electron chi connectivity index (χ0n) is 23.2. The first kappa shape index (κ1) is 28.1. The number of hydrogen-bond acceptors (Lipinski definition) is 7. The molecule has 0 aromatic carbocycles. The van der Waals surface area contributed by atoms with Crippen molar-refractivity contribution in [2.45, 2.75) is 45.6 Å². The first-order chi connectivity index (χ1) is 18.7. The Bertz CT molecular complexity index is 1170. The van der Waals surface area contributed by atoms with Gasteiger partial charge in [-0.15, -0.1) is 0 Å². The molecule has 4 amide bonds. The first-order valence-corrected chi connectivity index (χ1v) is 13.7. The van der Waals surface area contributed by atoms with Gasteiger partial charge in [0.05, 0.1) is 12.2 Å². The second-order valence-corrected chi connectivity index (χ2v) is 10.5. The second-order valence-electron chi connectivity index (χ2n) is 10.5. The summed E-state index contributed by atoms with van der Waals surface area (Å²) >= 11 is 0. The number of likely N-dealkylation sites (tertiary alicyclic amines) is 1. The van der Waals surface area contributed by atoms with Crippen LogP contribution >= 0.6 is 0 Å². The molecule has 1 aromatic heterocycles. The Morgan fingerprint density at radius 2 is 1.87 bits per heavy atom. The number of nitrogens with zero attached hydrogens (tertiary/aromatic N) is 6. The predicted octanol–water partition coefficient (Wildman–Crippen LogP) is 2.60. The highest BCUT2D eigenvalue weighted by Crippen LogP contribution is 2.27. The number of allylic oxidation sites excluding steroid dienone is 4. The first-order valence-electron chi connectivity index (χ1n) is 13.7. The van der Waals surface area contributed by atoms with E-state index in [2.05, 4.69) is 27.9 Å². The van der Waals surface area contributed by atoms with Crippen molar-refractivity contribution >= 4 is 29.5 Å². The van der Waals surface area contributed by atoms with Gasteiger partial charge in [0.1, 0.15) is 5.82 Å². The fraction of sp³-hybridized carbons (Fsp3) is 0.536. The van der Waals surface area contributed by atoms with Gasteiger partial charge < -0.3 is 30.7 Å². The summed E-state index contributed by atoms with van der Waals surface area (Å²) in [6.07, 6.45) is 11.2. The standard InChI is InChI=1S/C28H40N8O3/c1-5-21(22-10-13-34(14-11-22)20(3)37)9-8-19(2)31-27-25(26(29)38)30-17-24(32-27)35-12-6-7-23(18-35)36-16-15-33(4)28(36)39/h5,8-9,17,22-23H,2,6-7,10-16,18H2,1,3-4H3,(H2,29,38)(H,31,32)/b9-8-,21-5+/t23-/m1/s1. The topological polar surface area (TPSA) is 128 Å². The maximum atomic E-state index is 12.5. The number of anilines is 2. The van der Waals surface area contributed by atoms with E-state index in [9.17, 15) is 14.4 Å². The third-order valence-electron chi connectivity index (χ3n) is 7.90. The van der Waals surface area contributed by atoms with Crippen LogP contribution in [0.5, 0.6) is 0 Å². The molecule has 11 heteroatoms. The number of nitrogens with one attached hydrogen (secondary N) is 1. The van der Waals surface area contributed by atoms with Crippen LogP contribution in [0.4, 0.5) is 16.4 Å². The Kier molecular flexibility index (Phi) is 8.88. The average Bonchev–Trinajstić information content (AvgIpc) is 3.27. The summed E-state index contributed by atoms with van der Waals surface area (Å²) in [7, 11) is 1.83. The van der Waals surface area contributed by atoms with Crippen LogP contribution in [0, 0.1) is 5.92 Å². The van der Waals surface area contributed by atoms with Crippen molar-refractivity contribution in [1.82, 2.24) is 24.7 Å². The van der Waals surface area contributed by atoms with E-state index in [0.29, 0.717) is 24.0 Å². The molecule has 1 aromatic rings. The molecule has 0 bridgehead atoms. The normalized spacial score (nSPS) is 21.2. The molecule has 210 valence electrons. The van der Waals surface area contributed by atoms with Crippen LogP contribution in [0.3, 0.4) is 0 Å². The van der Waals surface area contributed by atoms with Gasteiger partial charge in [-0.05, 0) is 50.2 Å². The van der Waals surface area contributed by atoms with Crippen molar-refractivity contribution in [2.24, 2.45) is 11.7 Å². The van der Waals surface area contributed by atoms with E-state index in [1.165, 1.54) is 5.57 Å². The summed E-state index contributed by atoms with van der Waals surface area (Å²) < 4.78 is 0. The number of aromatic nitrogens is 2. The van der Waals surface area contributed by atoms with Gasteiger partial charge in [0.25, 0.3) is 5.91 Å². The molecular formula is C28H40N8O3. The number of rotatable bonds is 8. The van der Waals surface area contributed by atoms with Crippen molar-refractivity contribution in [3.05, 3.63) is 48.0 Å². The highest BCUT2D eigenvalue weighted by Gasteiger charge is 2.34. The number of nitrogens with two attached hydrogens (primary N) is 1. The van der Waals surface area contributed by atoms with Gasteiger partial charge in [0.2, 0.25) is 5.91 Å². The van der Waals surface area contributed by atoms with Crippen molar-refractivity contribution < 1.29 is 14.4 Å². The quantitative estimate of drug-likeness (QED) is 0.489. The van der Waals surface area contributed by atoms with E-state index in [4.69, 9.17) is 10.7 Å². The summed E-state index contributed by atoms with van der Waals surface area (Å²) in [6, 6.07) is 0.164. The van der Waals surface area contributed by atoms with Gasteiger partial charge in [-0.2, -0.15) is 0 Å². The van der Waals surface area contributed by atoms with Crippen LogP contribution < -0.4 is 16.0 Å². The van der Waals surface area contributed by atoms with Crippen molar-refractivity contribution in [1.29, 1.82) is 0 Å². The molecule has 4 heterocycles. The number of carbonyl (C=O) groups is 3. The summed E-state index contributed by atoms with van der Waals surface area (Å²) in [5.41, 5.74) is 7.37. The largest absolute Gasteiger partial charge is 0.364 e. The van der Waals surface area contributed by atoms with E-state index in [0.717, 1.165) is 58.4 Å². The molecule has 3 aliphatic rings. The molecule has 39 heavy (non-hydrogen) atoms. The van der Waals surface area contributed by atoms with Crippen LogP contribution in [0.15, 0.2) is 42.3 Å². The molecule has 0 spiro atoms. The maximum absolute atomic E-state index is 12.5. The average molecular weight is 537 g/mol. The molecule has 3 fully saturated rings. The van der Waals surface area contributed by atoms with Crippen molar-refractivity contribution in [3.63, 3.8) is 0 Å². The Morgan fingerprint density at radius 3 is 2.49 bits per heavy atom. The smallest absolute Gasteiger partial charge is 0.320 e. The van der Waals surface area contributed by atoms with Gasteiger partial charge in [-0.3, -0.25) is 9.59 Å². The van der Waals surface area contributed by atoms with E-state index in [1.54, 1.807) is 18.0 Å². The number of amides is 4. The fourth-order valence-corrected chi connectivity index (χ4v) is 5.61. The van der Waals surface area contributed by atoms with Crippen LogP contribution in [-0.2, 0) is 4.79 Å². The van der Waals surface area contributed by atoms with Gasteiger partial charge >= 0.3 is 6.03 Å². The molecule has 0 saturated carbocycles. The third kappa shape index (κ3) is 6.58. The van der Waals surface area contributed by atoms with Gasteiger partial charge in [-0.1, -0.05) is 18.7 Å². The zero-order chi connectivity index (χ0) is 28.1. The lowest BCUT2D eigenvalue weighted by molar-refractivity contribution is -0.130. The molecule has 3 saturated heterocycles. The van der Waals surface area contributed by atoms with E-state index in [-0.39, 0.29) is 29.5 Å². The summed E-state index contributed by atoms with van der Waals surface area (Å²) in [5.74, 6) is 0.686. The van der Waals surface area contributed by atoms with E-state index in [1.807, 2.05) is 35.9 Å². The number of urea groups is 1. The minimum absolute atomic E-state index is 0.0427. The molecule has 0 aliphatic carbocycles. The second kappa shape index (κ2) is 12.3. The maximum Gasteiger partial charge on any atom is 0.320 e. The van der Waals surface area contributed by atoms with E-state index >= 15 is 0 Å². The lowest BCUT2D eigenvalue weighted by atomic mass is 9.88. The summed E-state index contributed by atoms with van der Waals surface area (Å²) in [4.78, 5) is 53.0. The molecule has 3 N–H and O–H groups in total. The Labute approximate surface area is 230 Å². The molecule has 4 rings (SSSR count). The highest BCUT2D eigenvalue weighted by molar-refractivity contribution is 5.96. The SMILES string of the molecule is C=C(/C=C\C(=C/C)C1CCN(C(C)=O)CC1)Nc1nc(N2CCC[C@@H](N3CCN(C)C3=O)C2)cnc1C(N)=O. The monoisotopic (exact) mass is 536 g/mol. The highest BCUT2D eigenvalue weighted by atomic mass is 16.2. The Hall–Kier alpha value is -3.89. The van der Waals surface area contributed by atoms with Crippen molar-refractivity contribution in [2.75, 3.05) is 56.5 Å². The number of primary amides is 1. The van der Waals surface area contributed by atoms with Gasteiger partial charge in [0.15, 0.2) is 11.5 Å². The van der Waals surface area contributed by atoms with Crippen LogP contribution in [0.2, 0.25) is 0 Å². The molecule has 1 atom stereocenters. The van der Waals surface area contributed by atoms with Crippen LogP contribution in [-0.4, -0.2) is 94.9 Å². The molecule has 0 radical (unpaired) electrons. The summed E-state index contributed by atoms with van der Waals surface area (Å²) in [6.45, 7) is 12.1. The summed E-state index contributed by atoms with van der Waals surface area (Å²) in [5, 5.41) is 3.12. The Morgan fingerprint density at radius 1 is 1.13 bits per heavy atom. The van der Waals surface area contributed by atoms with Gasteiger partial charge in [0, 0.05) is 58.9 Å². The fourth-order valence-electron chi connectivity index (χ4n) is 5.61. The lowest BCUT2D eigenvalue weighted by Gasteiger charge is -2.37. The third-order valence-corrected chi connectivity index (χ3v) is 7.90. The minimum atomic E-state index is -0.679. The minimum Gasteiger partial charge on any atom is -0.364 e. The molecule has 3 aliphatic heterocycles. The van der Waals surface area contributed by atoms with Gasteiger partial charge in [-0.25, -0.2) is 14.8 Å². The zero-order valence-corrected chi connectivity index (χ0v) is 23.2.